The number of aryl methyl sites for hydroxylation is 1. The van der Waals surface area contributed by atoms with E-state index in [0.717, 1.165) is 34.8 Å². The van der Waals surface area contributed by atoms with Crippen LogP contribution < -0.4 is 0 Å². The van der Waals surface area contributed by atoms with Crippen LogP contribution in [0.4, 0.5) is 0 Å². The summed E-state index contributed by atoms with van der Waals surface area (Å²) >= 11 is 10.4. The van der Waals surface area contributed by atoms with Crippen molar-refractivity contribution in [2.75, 3.05) is 0 Å². The zero-order chi connectivity index (χ0) is 15.0. The third kappa shape index (κ3) is 3.10. The molecule has 1 atom stereocenters. The van der Waals surface area contributed by atoms with E-state index < -0.39 is 0 Å². The number of thiazole rings is 1. The van der Waals surface area contributed by atoms with Crippen molar-refractivity contribution in [1.29, 1.82) is 0 Å². The van der Waals surface area contributed by atoms with Gasteiger partial charge in [-0.25, -0.2) is 9.97 Å². The third-order valence-electron chi connectivity index (χ3n) is 3.34. The Kier molecular flexibility index (Phi) is 4.51. The SMILES string of the molecule is CCc1cnc(Cn2c(C(C)Cl)nc3cc(I)ccc32)s1. The number of rotatable bonds is 4. The number of imidazole rings is 1. The summed E-state index contributed by atoms with van der Waals surface area (Å²) in [5, 5.41) is 0.976. The van der Waals surface area contributed by atoms with Crippen LogP contribution in [0.1, 0.15) is 34.9 Å². The Bertz CT molecular complexity index is 778. The Balaban J connectivity index is 2.08. The molecular formula is C15H15ClIN3S. The van der Waals surface area contributed by atoms with Crippen LogP contribution in [0.2, 0.25) is 0 Å². The minimum absolute atomic E-state index is 0.124. The molecule has 3 aromatic rings. The van der Waals surface area contributed by atoms with Crippen LogP contribution in [0.15, 0.2) is 24.4 Å². The monoisotopic (exact) mass is 431 g/mol. The molecule has 1 unspecified atom stereocenters. The lowest BCUT2D eigenvalue weighted by Crippen LogP contribution is -2.05. The van der Waals surface area contributed by atoms with Gasteiger partial charge >= 0.3 is 0 Å². The van der Waals surface area contributed by atoms with E-state index in [2.05, 4.69) is 57.3 Å². The molecule has 0 radical (unpaired) electrons. The predicted octanol–water partition coefficient (Wildman–Crippen LogP) is 5.01. The number of halogens is 2. The fourth-order valence-corrected chi connectivity index (χ4v) is 3.80. The van der Waals surface area contributed by atoms with Crippen molar-refractivity contribution in [3.63, 3.8) is 0 Å². The molecule has 3 rings (SSSR count). The molecule has 0 amide bonds. The first-order valence-electron chi connectivity index (χ1n) is 6.81. The summed E-state index contributed by atoms with van der Waals surface area (Å²) in [5.41, 5.74) is 2.11. The molecule has 21 heavy (non-hydrogen) atoms. The van der Waals surface area contributed by atoms with Crippen LogP contribution in [0.3, 0.4) is 0 Å². The maximum Gasteiger partial charge on any atom is 0.128 e. The summed E-state index contributed by atoms with van der Waals surface area (Å²) in [4.78, 5) is 10.5. The fraction of sp³-hybridized carbons (Fsp3) is 0.333. The number of benzene rings is 1. The van der Waals surface area contributed by atoms with Crippen molar-refractivity contribution in [1.82, 2.24) is 14.5 Å². The molecular weight excluding hydrogens is 417 g/mol. The molecule has 0 fully saturated rings. The number of hydrogen-bond donors (Lipinski definition) is 0. The van der Waals surface area contributed by atoms with Crippen molar-refractivity contribution in [2.24, 2.45) is 0 Å². The first-order chi connectivity index (χ1) is 10.1. The van der Waals surface area contributed by atoms with Gasteiger partial charge in [0.25, 0.3) is 0 Å². The first-order valence-corrected chi connectivity index (χ1v) is 9.15. The molecule has 0 aliphatic carbocycles. The largest absolute Gasteiger partial charge is 0.320 e. The van der Waals surface area contributed by atoms with Gasteiger partial charge in [-0.2, -0.15) is 0 Å². The van der Waals surface area contributed by atoms with Crippen LogP contribution in [-0.4, -0.2) is 14.5 Å². The van der Waals surface area contributed by atoms with E-state index in [0.29, 0.717) is 0 Å². The third-order valence-corrected chi connectivity index (χ3v) is 5.33. The highest BCUT2D eigenvalue weighted by Gasteiger charge is 2.16. The summed E-state index contributed by atoms with van der Waals surface area (Å²) in [6.07, 6.45) is 2.99. The van der Waals surface area contributed by atoms with Crippen LogP contribution >= 0.6 is 45.5 Å². The molecule has 2 aromatic heterocycles. The molecule has 0 saturated carbocycles. The molecule has 0 bridgehead atoms. The minimum atomic E-state index is -0.124. The minimum Gasteiger partial charge on any atom is -0.320 e. The molecule has 0 N–H and O–H groups in total. The van der Waals surface area contributed by atoms with Gasteiger partial charge in [-0.15, -0.1) is 22.9 Å². The zero-order valence-corrected chi connectivity index (χ0v) is 15.5. The summed E-state index contributed by atoms with van der Waals surface area (Å²) in [5.74, 6) is 0.905. The number of nitrogens with zero attached hydrogens (tertiary/aromatic N) is 3. The van der Waals surface area contributed by atoms with Gasteiger partial charge in [-0.3, -0.25) is 0 Å². The Morgan fingerprint density at radius 1 is 1.43 bits per heavy atom. The molecule has 0 spiro atoms. The molecule has 110 valence electrons. The average molecular weight is 432 g/mol. The second-order valence-electron chi connectivity index (χ2n) is 4.88. The number of hydrogen-bond acceptors (Lipinski definition) is 3. The molecule has 1 aromatic carbocycles. The molecule has 2 heterocycles. The highest BCUT2D eigenvalue weighted by molar-refractivity contribution is 14.1. The zero-order valence-electron chi connectivity index (χ0n) is 11.8. The Morgan fingerprint density at radius 2 is 2.24 bits per heavy atom. The summed E-state index contributed by atoms with van der Waals surface area (Å²) in [6.45, 7) is 4.84. The van der Waals surface area contributed by atoms with E-state index in [1.54, 1.807) is 11.3 Å². The van der Waals surface area contributed by atoms with E-state index >= 15 is 0 Å². The predicted molar refractivity (Wildman–Crippen MR) is 97.3 cm³/mol. The van der Waals surface area contributed by atoms with Gasteiger partial charge in [0.05, 0.1) is 23.0 Å². The standard InChI is InChI=1S/C15H15ClIN3S/c1-3-11-7-18-14(21-11)8-20-13-5-4-10(17)6-12(13)19-15(20)9(2)16/h4-7,9H,3,8H2,1-2H3. The Labute approximate surface area is 146 Å². The van der Waals surface area contributed by atoms with Gasteiger partial charge in [-0.05, 0) is 54.1 Å². The van der Waals surface area contributed by atoms with Crippen molar-refractivity contribution < 1.29 is 0 Å². The highest BCUT2D eigenvalue weighted by atomic mass is 127. The normalized spacial score (nSPS) is 13.0. The van der Waals surface area contributed by atoms with Crippen molar-refractivity contribution in [3.05, 3.63) is 43.7 Å². The topological polar surface area (TPSA) is 30.7 Å². The van der Waals surface area contributed by atoms with E-state index in [-0.39, 0.29) is 5.38 Å². The fourth-order valence-electron chi connectivity index (χ4n) is 2.31. The molecule has 0 aliphatic heterocycles. The van der Waals surface area contributed by atoms with E-state index in [1.165, 1.54) is 8.45 Å². The highest BCUT2D eigenvalue weighted by Crippen LogP contribution is 2.27. The first kappa shape index (κ1) is 15.2. The van der Waals surface area contributed by atoms with Crippen molar-refractivity contribution >= 4 is 56.6 Å². The summed E-state index contributed by atoms with van der Waals surface area (Å²) in [6, 6.07) is 6.30. The lowest BCUT2D eigenvalue weighted by atomic mass is 10.3. The molecule has 3 nitrogen and oxygen atoms in total. The quantitative estimate of drug-likeness (QED) is 0.429. The van der Waals surface area contributed by atoms with Gasteiger partial charge in [0.1, 0.15) is 10.8 Å². The second-order valence-corrected chi connectivity index (χ2v) is 7.98. The van der Waals surface area contributed by atoms with Crippen molar-refractivity contribution in [3.8, 4) is 0 Å². The van der Waals surface area contributed by atoms with E-state index in [9.17, 15) is 0 Å². The lowest BCUT2D eigenvalue weighted by molar-refractivity contribution is 0.738. The van der Waals surface area contributed by atoms with E-state index in [4.69, 9.17) is 16.6 Å². The lowest BCUT2D eigenvalue weighted by Gasteiger charge is -2.08. The van der Waals surface area contributed by atoms with Crippen LogP contribution in [0, 0.1) is 3.57 Å². The maximum absolute atomic E-state index is 6.32. The second kappa shape index (κ2) is 6.22. The Morgan fingerprint density at radius 3 is 2.90 bits per heavy atom. The van der Waals surface area contributed by atoms with Crippen LogP contribution in [-0.2, 0) is 13.0 Å². The number of aromatic nitrogens is 3. The number of alkyl halides is 1. The smallest absolute Gasteiger partial charge is 0.128 e. The van der Waals surface area contributed by atoms with Gasteiger partial charge in [0.15, 0.2) is 0 Å². The van der Waals surface area contributed by atoms with Gasteiger partial charge in [0.2, 0.25) is 0 Å². The molecule has 6 heteroatoms. The summed E-state index contributed by atoms with van der Waals surface area (Å²) < 4.78 is 3.36. The van der Waals surface area contributed by atoms with Crippen molar-refractivity contribution in [2.45, 2.75) is 32.2 Å². The van der Waals surface area contributed by atoms with Crippen LogP contribution in [0.5, 0.6) is 0 Å². The Hall–Kier alpha value is -0.660. The van der Waals surface area contributed by atoms with E-state index in [1.807, 2.05) is 13.1 Å². The van der Waals surface area contributed by atoms with Gasteiger partial charge in [-0.1, -0.05) is 6.92 Å². The van der Waals surface area contributed by atoms with Crippen LogP contribution in [0.25, 0.3) is 11.0 Å². The molecule has 0 saturated heterocycles. The number of fused-ring (bicyclic) bond motifs is 1. The molecule has 0 aliphatic rings. The summed E-state index contributed by atoms with van der Waals surface area (Å²) in [7, 11) is 0. The van der Waals surface area contributed by atoms with Gasteiger partial charge < -0.3 is 4.57 Å². The maximum atomic E-state index is 6.32. The van der Waals surface area contributed by atoms with Gasteiger partial charge in [0, 0.05) is 14.6 Å². The average Bonchev–Trinajstić information content (AvgIpc) is 3.04.